The molecule has 0 bridgehead atoms. The molecule has 7 aromatic carbocycles. The molecule has 10 rings (SSSR count). The third-order valence-electron chi connectivity index (χ3n) is 9.96. The molecular formula is C47H29N5. The summed E-state index contributed by atoms with van der Waals surface area (Å²) in [4.78, 5) is 10.1. The van der Waals surface area contributed by atoms with Gasteiger partial charge in [0.25, 0.3) is 0 Å². The van der Waals surface area contributed by atoms with E-state index in [1.165, 1.54) is 10.8 Å². The molecule has 3 aromatic heterocycles. The van der Waals surface area contributed by atoms with Gasteiger partial charge >= 0.3 is 0 Å². The van der Waals surface area contributed by atoms with Crippen LogP contribution in [0.3, 0.4) is 0 Å². The van der Waals surface area contributed by atoms with Gasteiger partial charge in [-0.05, 0) is 48.5 Å². The van der Waals surface area contributed by atoms with Crippen LogP contribution in [0.1, 0.15) is 5.56 Å². The molecule has 0 saturated carbocycles. The van der Waals surface area contributed by atoms with E-state index in [-0.39, 0.29) is 0 Å². The molecule has 0 atom stereocenters. The predicted molar refractivity (Wildman–Crippen MR) is 212 cm³/mol. The number of nitrogens with zero attached hydrogens (tertiary/aromatic N) is 5. The zero-order valence-electron chi connectivity index (χ0n) is 28.0. The van der Waals surface area contributed by atoms with Crippen molar-refractivity contribution >= 4 is 43.6 Å². The molecular weight excluding hydrogens is 635 g/mol. The van der Waals surface area contributed by atoms with Gasteiger partial charge in [0.2, 0.25) is 0 Å². The first kappa shape index (κ1) is 29.6. The highest BCUT2D eigenvalue weighted by molar-refractivity contribution is 6.26. The van der Waals surface area contributed by atoms with Crippen LogP contribution in [-0.2, 0) is 0 Å². The zero-order chi connectivity index (χ0) is 34.6. The third kappa shape index (κ3) is 4.56. The molecule has 0 N–H and O–H groups in total. The molecule has 0 aliphatic rings. The second-order valence-corrected chi connectivity index (χ2v) is 12.9. The molecule has 0 fully saturated rings. The highest BCUT2D eigenvalue weighted by Crippen LogP contribution is 2.43. The molecule has 0 spiro atoms. The van der Waals surface area contributed by atoms with Gasteiger partial charge in [-0.25, -0.2) is 9.97 Å². The summed E-state index contributed by atoms with van der Waals surface area (Å²) < 4.78 is 4.73. The van der Waals surface area contributed by atoms with Crippen LogP contribution in [0.4, 0.5) is 0 Å². The van der Waals surface area contributed by atoms with Crippen molar-refractivity contribution in [3.63, 3.8) is 0 Å². The van der Waals surface area contributed by atoms with Crippen LogP contribution in [0.5, 0.6) is 0 Å². The zero-order valence-corrected chi connectivity index (χ0v) is 28.0. The van der Waals surface area contributed by atoms with Crippen molar-refractivity contribution in [2.24, 2.45) is 0 Å². The Morgan fingerprint density at radius 3 is 1.63 bits per heavy atom. The quantitative estimate of drug-likeness (QED) is 0.184. The lowest BCUT2D eigenvalue weighted by Crippen LogP contribution is -2.01. The number of rotatable bonds is 5. The summed E-state index contributed by atoms with van der Waals surface area (Å²) >= 11 is 0. The second kappa shape index (κ2) is 11.9. The summed E-state index contributed by atoms with van der Waals surface area (Å²) in [6, 6.07) is 63.1. The van der Waals surface area contributed by atoms with Gasteiger partial charge in [0.1, 0.15) is 11.6 Å². The number of benzene rings is 7. The van der Waals surface area contributed by atoms with E-state index in [0.29, 0.717) is 22.8 Å². The summed E-state index contributed by atoms with van der Waals surface area (Å²) in [6.07, 6.45) is 0. The lowest BCUT2D eigenvalue weighted by molar-refractivity contribution is 1.17. The first-order valence-electron chi connectivity index (χ1n) is 17.3. The maximum absolute atomic E-state index is 10.8. The Balaban J connectivity index is 1.35. The number of aromatic nitrogens is 4. The Bertz CT molecular complexity index is 2990. The van der Waals surface area contributed by atoms with Crippen molar-refractivity contribution in [2.75, 3.05) is 0 Å². The van der Waals surface area contributed by atoms with Gasteiger partial charge in [0, 0.05) is 49.6 Å². The van der Waals surface area contributed by atoms with Gasteiger partial charge < -0.3 is 9.13 Å². The van der Waals surface area contributed by atoms with E-state index in [9.17, 15) is 5.26 Å². The summed E-state index contributed by atoms with van der Waals surface area (Å²) in [5, 5.41) is 15.4. The van der Waals surface area contributed by atoms with Crippen LogP contribution >= 0.6 is 0 Å². The van der Waals surface area contributed by atoms with Crippen LogP contribution in [-0.4, -0.2) is 19.1 Å². The maximum atomic E-state index is 10.8. The van der Waals surface area contributed by atoms with Crippen LogP contribution in [0, 0.1) is 11.3 Å². The highest BCUT2D eigenvalue weighted by atomic mass is 15.0. The monoisotopic (exact) mass is 663 g/mol. The average molecular weight is 664 g/mol. The number of nitriles is 1. The van der Waals surface area contributed by atoms with Crippen molar-refractivity contribution in [3.05, 3.63) is 181 Å². The standard InChI is InChI=1S/C47H29N5/c48-30-39-44(31-15-5-1-6-16-31)49-47(32-17-7-2-8-18-32)50-45(39)33-25-27-41-38(29-33)43-42(51(41)34-19-9-3-10-20-34)28-26-37-36-23-13-14-24-40(36)52(46(37)43)35-21-11-4-12-22-35/h1-29H. The van der Waals surface area contributed by atoms with Crippen molar-refractivity contribution in [1.82, 2.24) is 19.1 Å². The van der Waals surface area contributed by atoms with E-state index in [4.69, 9.17) is 9.97 Å². The first-order chi connectivity index (χ1) is 25.8. The number of para-hydroxylation sites is 3. The summed E-state index contributed by atoms with van der Waals surface area (Å²) in [6.45, 7) is 0. The first-order valence-corrected chi connectivity index (χ1v) is 17.3. The minimum absolute atomic E-state index is 0.445. The van der Waals surface area contributed by atoms with E-state index >= 15 is 0 Å². The molecule has 0 saturated heterocycles. The van der Waals surface area contributed by atoms with E-state index in [1.54, 1.807) is 0 Å². The van der Waals surface area contributed by atoms with Gasteiger partial charge in [-0.2, -0.15) is 5.26 Å². The van der Waals surface area contributed by atoms with Gasteiger partial charge in [0.15, 0.2) is 5.82 Å². The van der Waals surface area contributed by atoms with Crippen molar-refractivity contribution in [2.45, 2.75) is 0 Å². The predicted octanol–water partition coefficient (Wildman–Crippen LogP) is 11.5. The second-order valence-electron chi connectivity index (χ2n) is 12.9. The van der Waals surface area contributed by atoms with Gasteiger partial charge in [0.05, 0.1) is 33.5 Å². The molecule has 52 heavy (non-hydrogen) atoms. The molecule has 242 valence electrons. The Morgan fingerprint density at radius 1 is 0.423 bits per heavy atom. The average Bonchev–Trinajstić information content (AvgIpc) is 3.74. The Labute approximate surface area is 299 Å². The number of hydrogen-bond donors (Lipinski definition) is 0. The Morgan fingerprint density at radius 2 is 0.962 bits per heavy atom. The fraction of sp³-hybridized carbons (Fsp3) is 0. The maximum Gasteiger partial charge on any atom is 0.160 e. The van der Waals surface area contributed by atoms with E-state index in [0.717, 1.165) is 60.9 Å². The molecule has 5 heteroatoms. The molecule has 0 aliphatic carbocycles. The van der Waals surface area contributed by atoms with Crippen LogP contribution in [0.25, 0.3) is 88.9 Å². The molecule has 0 radical (unpaired) electrons. The molecule has 0 amide bonds. The van der Waals surface area contributed by atoms with E-state index in [2.05, 4.69) is 124 Å². The molecule has 3 heterocycles. The fourth-order valence-electron chi connectivity index (χ4n) is 7.70. The van der Waals surface area contributed by atoms with Gasteiger partial charge in [-0.15, -0.1) is 0 Å². The van der Waals surface area contributed by atoms with E-state index in [1.807, 2.05) is 66.7 Å². The van der Waals surface area contributed by atoms with Crippen molar-refractivity contribution < 1.29 is 0 Å². The molecule has 10 aromatic rings. The van der Waals surface area contributed by atoms with Crippen LogP contribution < -0.4 is 0 Å². The normalized spacial score (nSPS) is 11.4. The summed E-state index contributed by atoms with van der Waals surface area (Å²) in [7, 11) is 0. The number of hydrogen-bond acceptors (Lipinski definition) is 3. The summed E-state index contributed by atoms with van der Waals surface area (Å²) in [5.41, 5.74) is 10.9. The van der Waals surface area contributed by atoms with Crippen LogP contribution in [0.2, 0.25) is 0 Å². The summed E-state index contributed by atoms with van der Waals surface area (Å²) in [5.74, 6) is 0.576. The fourth-order valence-corrected chi connectivity index (χ4v) is 7.70. The lowest BCUT2D eigenvalue weighted by Gasteiger charge is -2.13. The largest absolute Gasteiger partial charge is 0.309 e. The van der Waals surface area contributed by atoms with Crippen LogP contribution in [0.15, 0.2) is 176 Å². The molecule has 0 aliphatic heterocycles. The minimum Gasteiger partial charge on any atom is -0.309 e. The smallest absolute Gasteiger partial charge is 0.160 e. The van der Waals surface area contributed by atoms with Crippen molar-refractivity contribution in [1.29, 1.82) is 5.26 Å². The van der Waals surface area contributed by atoms with E-state index < -0.39 is 0 Å². The van der Waals surface area contributed by atoms with Gasteiger partial charge in [-0.1, -0.05) is 127 Å². The minimum atomic E-state index is 0.445. The van der Waals surface area contributed by atoms with Crippen molar-refractivity contribution in [3.8, 4) is 51.3 Å². The third-order valence-corrected chi connectivity index (χ3v) is 9.96. The molecule has 5 nitrogen and oxygen atoms in total. The lowest BCUT2D eigenvalue weighted by atomic mass is 9.98. The SMILES string of the molecule is N#Cc1c(-c2ccccc2)nc(-c2ccccc2)nc1-c1ccc2c(c1)c1c(ccc3c4ccccc4n(-c4ccccc4)c31)n2-c1ccccc1. The number of fused-ring (bicyclic) bond motifs is 7. The Kier molecular flexibility index (Phi) is 6.80. The Hall–Kier alpha value is -7.29. The van der Waals surface area contributed by atoms with Gasteiger partial charge in [-0.3, -0.25) is 0 Å². The topological polar surface area (TPSA) is 59.4 Å². The molecule has 0 unspecified atom stereocenters. The highest BCUT2D eigenvalue weighted by Gasteiger charge is 2.23.